The fourth-order valence-electron chi connectivity index (χ4n) is 3.20. The molecule has 0 N–H and O–H groups in total. The van der Waals surface area contributed by atoms with Crippen molar-refractivity contribution in [3.63, 3.8) is 0 Å². The first-order valence-corrected chi connectivity index (χ1v) is 7.86. The van der Waals surface area contributed by atoms with E-state index >= 15 is 0 Å². The molecule has 0 fully saturated rings. The maximum atomic E-state index is 13.0. The lowest BCUT2D eigenvalue weighted by molar-refractivity contribution is 0.586. The first-order valence-electron chi connectivity index (χ1n) is 7.86. The van der Waals surface area contributed by atoms with Crippen LogP contribution in [-0.2, 0) is 6.42 Å². The second-order valence-corrected chi connectivity index (χ2v) is 5.86. The van der Waals surface area contributed by atoms with Crippen LogP contribution in [0, 0.1) is 0 Å². The van der Waals surface area contributed by atoms with Crippen LogP contribution in [0.3, 0.4) is 0 Å². The van der Waals surface area contributed by atoms with Gasteiger partial charge < -0.3 is 4.57 Å². The average molecular weight is 291 g/mol. The van der Waals surface area contributed by atoms with Gasteiger partial charge in [-0.15, -0.1) is 0 Å². The summed E-state index contributed by atoms with van der Waals surface area (Å²) in [5.41, 5.74) is 3.51. The summed E-state index contributed by atoms with van der Waals surface area (Å²) in [7, 11) is 0. The molecule has 0 aliphatic carbocycles. The molecule has 0 aliphatic heterocycles. The third kappa shape index (κ3) is 2.25. The first-order chi connectivity index (χ1) is 10.6. The SMILES string of the molecule is CCc1c(-c2ccccc2)n(C(C)C)c(=O)c2ccccc12. The number of fused-ring (bicyclic) bond motifs is 1. The van der Waals surface area contributed by atoms with Crippen LogP contribution in [0.5, 0.6) is 0 Å². The maximum absolute atomic E-state index is 13.0. The van der Waals surface area contributed by atoms with Crippen molar-refractivity contribution in [2.45, 2.75) is 33.2 Å². The van der Waals surface area contributed by atoms with E-state index in [9.17, 15) is 4.79 Å². The summed E-state index contributed by atoms with van der Waals surface area (Å²) >= 11 is 0. The Bertz CT molecular complexity index is 860. The highest BCUT2D eigenvalue weighted by molar-refractivity contribution is 5.90. The van der Waals surface area contributed by atoms with Gasteiger partial charge in [0, 0.05) is 11.4 Å². The second-order valence-electron chi connectivity index (χ2n) is 5.86. The zero-order chi connectivity index (χ0) is 15.7. The normalized spacial score (nSPS) is 11.3. The third-order valence-electron chi connectivity index (χ3n) is 4.15. The van der Waals surface area contributed by atoms with Crippen molar-refractivity contribution in [2.75, 3.05) is 0 Å². The number of nitrogens with zero attached hydrogens (tertiary/aromatic N) is 1. The summed E-state index contributed by atoms with van der Waals surface area (Å²) < 4.78 is 1.94. The molecule has 0 spiro atoms. The summed E-state index contributed by atoms with van der Waals surface area (Å²) in [6.07, 6.45) is 0.901. The number of hydrogen-bond donors (Lipinski definition) is 0. The molecule has 112 valence electrons. The van der Waals surface area contributed by atoms with Crippen LogP contribution in [0.2, 0.25) is 0 Å². The predicted octanol–water partition coefficient (Wildman–Crippen LogP) is 4.81. The lowest BCUT2D eigenvalue weighted by atomic mass is 9.96. The van der Waals surface area contributed by atoms with Crippen LogP contribution in [0.25, 0.3) is 22.0 Å². The van der Waals surface area contributed by atoms with E-state index in [2.05, 4.69) is 39.0 Å². The zero-order valence-corrected chi connectivity index (χ0v) is 13.3. The lowest BCUT2D eigenvalue weighted by Gasteiger charge is -2.22. The average Bonchev–Trinajstić information content (AvgIpc) is 2.55. The number of hydrogen-bond acceptors (Lipinski definition) is 1. The Labute approximate surface area is 131 Å². The Morgan fingerprint density at radius 1 is 0.909 bits per heavy atom. The van der Waals surface area contributed by atoms with Crippen LogP contribution in [0.15, 0.2) is 59.4 Å². The van der Waals surface area contributed by atoms with E-state index in [0.29, 0.717) is 0 Å². The van der Waals surface area contributed by atoms with Crippen LogP contribution in [0.4, 0.5) is 0 Å². The highest BCUT2D eigenvalue weighted by Gasteiger charge is 2.18. The second kappa shape index (κ2) is 5.80. The van der Waals surface area contributed by atoms with Crippen molar-refractivity contribution in [2.24, 2.45) is 0 Å². The molecule has 0 radical (unpaired) electrons. The Morgan fingerprint density at radius 2 is 1.50 bits per heavy atom. The minimum Gasteiger partial charge on any atom is -0.305 e. The molecule has 22 heavy (non-hydrogen) atoms. The van der Waals surface area contributed by atoms with E-state index < -0.39 is 0 Å². The first kappa shape index (κ1) is 14.6. The number of rotatable bonds is 3. The van der Waals surface area contributed by atoms with Gasteiger partial charge in [-0.05, 0) is 42.8 Å². The van der Waals surface area contributed by atoms with Gasteiger partial charge in [-0.1, -0.05) is 55.5 Å². The summed E-state index contributed by atoms with van der Waals surface area (Å²) in [6.45, 7) is 6.30. The maximum Gasteiger partial charge on any atom is 0.259 e. The van der Waals surface area contributed by atoms with Gasteiger partial charge >= 0.3 is 0 Å². The number of pyridine rings is 1. The quantitative estimate of drug-likeness (QED) is 0.678. The van der Waals surface area contributed by atoms with Gasteiger partial charge in [0.05, 0.1) is 5.69 Å². The molecular weight excluding hydrogens is 270 g/mol. The Morgan fingerprint density at radius 3 is 2.09 bits per heavy atom. The standard InChI is InChI=1S/C20H21NO/c1-4-16-17-12-8-9-13-18(17)20(22)21(14(2)3)19(16)15-10-6-5-7-11-15/h5-14H,4H2,1-3H3. The van der Waals surface area contributed by atoms with Gasteiger partial charge in [0.2, 0.25) is 0 Å². The van der Waals surface area contributed by atoms with E-state index in [1.54, 1.807) is 0 Å². The van der Waals surface area contributed by atoms with Gasteiger partial charge in [0.1, 0.15) is 0 Å². The number of aryl methyl sites for hydroxylation is 1. The fraction of sp³-hybridized carbons (Fsp3) is 0.250. The molecule has 0 amide bonds. The van der Waals surface area contributed by atoms with Crippen molar-refractivity contribution < 1.29 is 0 Å². The zero-order valence-electron chi connectivity index (χ0n) is 13.3. The van der Waals surface area contributed by atoms with Crippen molar-refractivity contribution >= 4 is 10.8 Å². The van der Waals surface area contributed by atoms with Gasteiger partial charge in [-0.3, -0.25) is 4.79 Å². The molecule has 0 atom stereocenters. The smallest absolute Gasteiger partial charge is 0.259 e. The highest BCUT2D eigenvalue weighted by Crippen LogP contribution is 2.30. The molecule has 3 rings (SSSR count). The van der Waals surface area contributed by atoms with Crippen molar-refractivity contribution in [1.29, 1.82) is 0 Å². The molecule has 2 aromatic carbocycles. The third-order valence-corrected chi connectivity index (χ3v) is 4.15. The van der Waals surface area contributed by atoms with Gasteiger partial charge in [0.25, 0.3) is 5.56 Å². The largest absolute Gasteiger partial charge is 0.305 e. The molecule has 1 heterocycles. The predicted molar refractivity (Wildman–Crippen MR) is 93.4 cm³/mol. The number of benzene rings is 2. The summed E-state index contributed by atoms with van der Waals surface area (Å²) in [5.74, 6) is 0. The van der Waals surface area contributed by atoms with E-state index in [1.165, 1.54) is 5.56 Å². The van der Waals surface area contributed by atoms with E-state index in [0.717, 1.165) is 28.5 Å². The van der Waals surface area contributed by atoms with Gasteiger partial charge in [-0.25, -0.2) is 0 Å². The van der Waals surface area contributed by atoms with E-state index in [4.69, 9.17) is 0 Å². The molecule has 0 saturated heterocycles. The Balaban J connectivity index is 2.53. The van der Waals surface area contributed by atoms with E-state index in [-0.39, 0.29) is 11.6 Å². The minimum absolute atomic E-state index is 0.0988. The fourth-order valence-corrected chi connectivity index (χ4v) is 3.20. The molecule has 1 aromatic heterocycles. The molecule has 0 saturated carbocycles. The molecule has 2 nitrogen and oxygen atoms in total. The van der Waals surface area contributed by atoms with Crippen molar-refractivity contribution in [3.05, 3.63) is 70.5 Å². The molecular formula is C20H21NO. The number of aromatic nitrogens is 1. The van der Waals surface area contributed by atoms with Crippen molar-refractivity contribution in [1.82, 2.24) is 4.57 Å². The molecule has 0 bridgehead atoms. The van der Waals surface area contributed by atoms with Crippen molar-refractivity contribution in [3.8, 4) is 11.3 Å². The Kier molecular flexibility index (Phi) is 3.84. The van der Waals surface area contributed by atoms with E-state index in [1.807, 2.05) is 41.0 Å². The lowest BCUT2D eigenvalue weighted by Crippen LogP contribution is -2.25. The molecule has 2 heteroatoms. The summed E-state index contributed by atoms with van der Waals surface area (Å²) in [5, 5.41) is 1.89. The van der Waals surface area contributed by atoms with Crippen LogP contribution in [0.1, 0.15) is 32.4 Å². The minimum atomic E-state index is 0.0988. The van der Waals surface area contributed by atoms with Crippen LogP contribution >= 0.6 is 0 Å². The molecule has 0 unspecified atom stereocenters. The Hall–Kier alpha value is -2.35. The highest BCUT2D eigenvalue weighted by atomic mass is 16.1. The topological polar surface area (TPSA) is 22.0 Å². The monoisotopic (exact) mass is 291 g/mol. The van der Waals surface area contributed by atoms with Gasteiger partial charge in [0.15, 0.2) is 0 Å². The molecule has 3 aromatic rings. The summed E-state index contributed by atoms with van der Waals surface area (Å²) in [4.78, 5) is 13.0. The van der Waals surface area contributed by atoms with Crippen LogP contribution in [-0.4, -0.2) is 4.57 Å². The molecule has 0 aliphatic rings. The van der Waals surface area contributed by atoms with Crippen LogP contribution < -0.4 is 5.56 Å². The summed E-state index contributed by atoms with van der Waals surface area (Å²) in [6, 6.07) is 18.3. The van der Waals surface area contributed by atoms with Gasteiger partial charge in [-0.2, -0.15) is 0 Å².